The first-order valence-electron chi connectivity index (χ1n) is 10.7. The number of amides is 1. The third kappa shape index (κ3) is 4.16. The van der Waals surface area contributed by atoms with Crippen molar-refractivity contribution in [2.45, 2.75) is 38.9 Å². The van der Waals surface area contributed by atoms with Crippen molar-refractivity contribution in [2.75, 3.05) is 32.6 Å². The summed E-state index contributed by atoms with van der Waals surface area (Å²) in [4.78, 5) is 24.2. The van der Waals surface area contributed by atoms with Crippen molar-refractivity contribution >= 4 is 17.3 Å². The summed E-state index contributed by atoms with van der Waals surface area (Å²) in [6.07, 6.45) is 2.96. The molecule has 8 nitrogen and oxygen atoms in total. The van der Waals surface area contributed by atoms with Crippen LogP contribution in [-0.4, -0.2) is 60.2 Å². The van der Waals surface area contributed by atoms with Crippen LogP contribution in [0.15, 0.2) is 24.3 Å². The average Bonchev–Trinajstić information content (AvgIpc) is 3.20. The molecule has 1 aliphatic heterocycles. The minimum absolute atomic E-state index is 0.0123. The number of benzene rings is 1. The standard InChI is InChI=1S/C24H27N5O3/c1-14-12-29(13-15(2)32-14)24(30)17-6-5-16(20(9-17)31-4)10-21-27-19-8-7-18(11-25)22(19)23(26-3)28-21/h5-7,9,14-15H,8,10,12-13H2,1-4H3,(H,26,27,28)/t14-,15+. The zero-order chi connectivity index (χ0) is 22.8. The molecule has 1 amide bonds. The summed E-state index contributed by atoms with van der Waals surface area (Å²) >= 11 is 0. The Balaban J connectivity index is 1.58. The minimum Gasteiger partial charge on any atom is -0.496 e. The van der Waals surface area contributed by atoms with Crippen molar-refractivity contribution < 1.29 is 14.3 Å². The first kappa shape index (κ1) is 21.8. The van der Waals surface area contributed by atoms with Crippen LogP contribution >= 0.6 is 0 Å². The number of nitrogens with one attached hydrogen (secondary N) is 1. The second-order valence-electron chi connectivity index (χ2n) is 8.16. The minimum atomic E-state index is -0.0294. The predicted molar refractivity (Wildman–Crippen MR) is 121 cm³/mol. The van der Waals surface area contributed by atoms with Gasteiger partial charge in [0.05, 0.1) is 42.2 Å². The van der Waals surface area contributed by atoms with Gasteiger partial charge in [0, 0.05) is 44.1 Å². The van der Waals surface area contributed by atoms with E-state index in [1.54, 1.807) is 20.2 Å². The summed E-state index contributed by atoms with van der Waals surface area (Å²) < 4.78 is 11.3. The number of methoxy groups -OCH3 is 1. The molecule has 0 radical (unpaired) electrons. The summed E-state index contributed by atoms with van der Waals surface area (Å²) in [5, 5.41) is 12.4. The largest absolute Gasteiger partial charge is 0.496 e. The number of fused-ring (bicyclic) bond motifs is 1. The molecule has 0 saturated carbocycles. The van der Waals surface area contributed by atoms with Crippen LogP contribution in [-0.2, 0) is 17.6 Å². The van der Waals surface area contributed by atoms with Gasteiger partial charge < -0.3 is 19.7 Å². The molecule has 1 saturated heterocycles. The van der Waals surface area contributed by atoms with Crippen LogP contribution in [0.1, 0.15) is 46.9 Å². The van der Waals surface area contributed by atoms with Gasteiger partial charge >= 0.3 is 0 Å². The maximum absolute atomic E-state index is 13.0. The van der Waals surface area contributed by atoms with Crippen molar-refractivity contribution in [3.63, 3.8) is 0 Å². The molecule has 8 heteroatoms. The molecular formula is C24H27N5O3. The van der Waals surface area contributed by atoms with E-state index in [1.165, 1.54) is 0 Å². The summed E-state index contributed by atoms with van der Waals surface area (Å²) in [6.45, 7) is 5.10. The highest BCUT2D eigenvalue weighted by molar-refractivity contribution is 5.95. The molecule has 1 aromatic carbocycles. The number of allylic oxidation sites excluding steroid dienone is 2. The Hall–Kier alpha value is -3.44. The number of carbonyl (C=O) groups is 1. The fraction of sp³-hybridized carbons (Fsp3) is 0.417. The number of aromatic nitrogens is 2. The van der Waals surface area contributed by atoms with Crippen molar-refractivity contribution in [2.24, 2.45) is 0 Å². The first-order valence-corrected chi connectivity index (χ1v) is 10.7. The number of ether oxygens (including phenoxy) is 2. The Morgan fingerprint density at radius 1 is 1.31 bits per heavy atom. The lowest BCUT2D eigenvalue weighted by Crippen LogP contribution is -2.48. The van der Waals surface area contributed by atoms with E-state index in [-0.39, 0.29) is 18.1 Å². The van der Waals surface area contributed by atoms with Crippen LogP contribution in [0.3, 0.4) is 0 Å². The molecule has 1 N–H and O–H groups in total. The molecule has 166 valence electrons. The molecule has 0 spiro atoms. The molecule has 1 fully saturated rings. The highest BCUT2D eigenvalue weighted by Gasteiger charge is 2.27. The molecule has 2 atom stereocenters. The Labute approximate surface area is 187 Å². The van der Waals surface area contributed by atoms with Crippen molar-refractivity contribution in [3.8, 4) is 11.8 Å². The van der Waals surface area contributed by atoms with Crippen LogP contribution < -0.4 is 10.1 Å². The Morgan fingerprint density at radius 2 is 2.06 bits per heavy atom. The van der Waals surface area contributed by atoms with Gasteiger partial charge in [0.1, 0.15) is 17.4 Å². The molecule has 0 unspecified atom stereocenters. The predicted octanol–water partition coefficient (Wildman–Crippen LogP) is 2.83. The highest BCUT2D eigenvalue weighted by atomic mass is 16.5. The summed E-state index contributed by atoms with van der Waals surface area (Å²) in [5.74, 6) is 1.87. The smallest absolute Gasteiger partial charge is 0.254 e. The van der Waals surface area contributed by atoms with E-state index < -0.39 is 0 Å². The monoisotopic (exact) mass is 433 g/mol. The molecule has 2 aromatic rings. The third-order valence-electron chi connectivity index (χ3n) is 5.75. The quantitative estimate of drug-likeness (QED) is 0.774. The van der Waals surface area contributed by atoms with Crippen molar-refractivity contribution in [1.82, 2.24) is 14.9 Å². The molecule has 0 bridgehead atoms. The fourth-order valence-electron chi connectivity index (χ4n) is 4.37. The summed E-state index contributed by atoms with van der Waals surface area (Å²) in [5.41, 5.74) is 3.70. The Morgan fingerprint density at radius 3 is 2.72 bits per heavy atom. The first-order chi connectivity index (χ1) is 15.4. The van der Waals surface area contributed by atoms with E-state index in [0.717, 1.165) is 16.8 Å². The molecule has 2 aliphatic rings. The van der Waals surface area contributed by atoms with Gasteiger partial charge in [-0.2, -0.15) is 5.26 Å². The molecule has 4 rings (SSSR count). The molecular weight excluding hydrogens is 406 g/mol. The highest BCUT2D eigenvalue weighted by Crippen LogP contribution is 2.32. The van der Waals surface area contributed by atoms with E-state index in [4.69, 9.17) is 9.47 Å². The van der Waals surface area contributed by atoms with E-state index in [2.05, 4.69) is 21.4 Å². The van der Waals surface area contributed by atoms with E-state index in [9.17, 15) is 10.1 Å². The van der Waals surface area contributed by atoms with Crippen LogP contribution in [0.4, 0.5) is 5.82 Å². The van der Waals surface area contributed by atoms with E-state index >= 15 is 0 Å². The van der Waals surface area contributed by atoms with Gasteiger partial charge in [-0.05, 0) is 26.0 Å². The number of morpholine rings is 1. The second kappa shape index (κ2) is 8.97. The Bertz CT molecular complexity index is 1110. The van der Waals surface area contributed by atoms with Gasteiger partial charge in [0.2, 0.25) is 0 Å². The number of hydrogen-bond donors (Lipinski definition) is 1. The topological polar surface area (TPSA) is 100 Å². The van der Waals surface area contributed by atoms with E-state index in [1.807, 2.05) is 37.0 Å². The van der Waals surface area contributed by atoms with Crippen molar-refractivity contribution in [3.05, 3.63) is 52.5 Å². The lowest BCUT2D eigenvalue weighted by molar-refractivity contribution is -0.0586. The zero-order valence-electron chi connectivity index (χ0n) is 18.8. The lowest BCUT2D eigenvalue weighted by atomic mass is 10.0. The van der Waals surface area contributed by atoms with Crippen molar-refractivity contribution in [1.29, 1.82) is 5.26 Å². The van der Waals surface area contributed by atoms with E-state index in [0.29, 0.717) is 54.5 Å². The maximum Gasteiger partial charge on any atom is 0.254 e. The molecule has 2 heterocycles. The van der Waals surface area contributed by atoms with Gasteiger partial charge in [0.15, 0.2) is 0 Å². The van der Waals surface area contributed by atoms with Gasteiger partial charge in [-0.1, -0.05) is 12.1 Å². The van der Waals surface area contributed by atoms with Gasteiger partial charge in [-0.3, -0.25) is 4.79 Å². The summed E-state index contributed by atoms with van der Waals surface area (Å²) in [7, 11) is 3.38. The van der Waals surface area contributed by atoms with Crippen LogP contribution in [0.2, 0.25) is 0 Å². The maximum atomic E-state index is 13.0. The lowest BCUT2D eigenvalue weighted by Gasteiger charge is -2.35. The average molecular weight is 434 g/mol. The number of carbonyl (C=O) groups excluding carboxylic acids is 1. The number of nitriles is 1. The summed E-state index contributed by atoms with van der Waals surface area (Å²) in [6, 6.07) is 7.71. The van der Waals surface area contributed by atoms with Crippen LogP contribution in [0, 0.1) is 11.3 Å². The third-order valence-corrected chi connectivity index (χ3v) is 5.75. The van der Waals surface area contributed by atoms with Gasteiger partial charge in [-0.15, -0.1) is 0 Å². The molecule has 1 aliphatic carbocycles. The number of nitrogens with zero attached hydrogens (tertiary/aromatic N) is 4. The molecule has 32 heavy (non-hydrogen) atoms. The van der Waals surface area contributed by atoms with Gasteiger partial charge in [0.25, 0.3) is 5.91 Å². The number of anilines is 1. The Kier molecular flexibility index (Phi) is 6.10. The SMILES string of the molecule is CNc1nc(Cc2ccc(C(=O)N3C[C@@H](C)O[C@@H](C)C3)cc2OC)nc2c1C(C#N)=CC2. The normalized spacial score (nSPS) is 19.7. The van der Waals surface area contributed by atoms with Crippen LogP contribution in [0.25, 0.3) is 5.57 Å². The second-order valence-corrected chi connectivity index (χ2v) is 8.16. The number of hydrogen-bond acceptors (Lipinski definition) is 7. The molecule has 1 aromatic heterocycles. The number of rotatable bonds is 5. The fourth-order valence-corrected chi connectivity index (χ4v) is 4.37. The van der Waals surface area contributed by atoms with Gasteiger partial charge in [-0.25, -0.2) is 9.97 Å². The van der Waals surface area contributed by atoms with Crippen LogP contribution in [0.5, 0.6) is 5.75 Å². The zero-order valence-corrected chi connectivity index (χ0v) is 18.8.